The molecule has 1 N–H and O–H groups in total. The van der Waals surface area contributed by atoms with Gasteiger partial charge in [0.2, 0.25) is 0 Å². The van der Waals surface area contributed by atoms with Crippen molar-refractivity contribution < 1.29 is 23.8 Å². The molecule has 1 aliphatic rings. The average Bonchev–Trinajstić information content (AvgIpc) is 2.96. The first-order valence-electron chi connectivity index (χ1n) is 9.71. The summed E-state index contributed by atoms with van der Waals surface area (Å²) >= 11 is 3.34. The van der Waals surface area contributed by atoms with Crippen molar-refractivity contribution in [2.24, 2.45) is 0 Å². The molecule has 5 nitrogen and oxygen atoms in total. The highest BCUT2D eigenvalue weighted by Crippen LogP contribution is 2.39. The number of hydrogen-bond acceptors (Lipinski definition) is 4. The molecule has 2 aromatic rings. The number of benzene rings is 2. The van der Waals surface area contributed by atoms with E-state index in [1.54, 1.807) is 24.3 Å². The molecule has 0 aliphatic carbocycles. The second-order valence-electron chi connectivity index (χ2n) is 7.32. The number of carbonyl (C=O) groups is 2. The third-order valence-electron chi connectivity index (χ3n) is 4.84. The maximum atomic E-state index is 13.5. The van der Waals surface area contributed by atoms with Gasteiger partial charge in [-0.05, 0) is 50.1 Å². The van der Waals surface area contributed by atoms with E-state index in [0.717, 1.165) is 4.47 Å². The smallest absolute Gasteiger partial charge is 0.295 e. The number of ether oxygens (including phenoxy) is 1. The molecule has 30 heavy (non-hydrogen) atoms. The van der Waals surface area contributed by atoms with Crippen molar-refractivity contribution in [1.29, 1.82) is 0 Å². The first-order chi connectivity index (χ1) is 14.3. The van der Waals surface area contributed by atoms with E-state index in [-0.39, 0.29) is 24.0 Å². The third-order valence-corrected chi connectivity index (χ3v) is 5.37. The molecule has 2 aromatic carbocycles. The lowest BCUT2D eigenvalue weighted by Gasteiger charge is -2.25. The van der Waals surface area contributed by atoms with Crippen LogP contribution in [0.4, 0.5) is 4.39 Å². The fraction of sp³-hybridized carbons (Fsp3) is 0.304. The van der Waals surface area contributed by atoms with Crippen LogP contribution in [-0.2, 0) is 14.3 Å². The van der Waals surface area contributed by atoms with Gasteiger partial charge in [0.1, 0.15) is 11.6 Å². The van der Waals surface area contributed by atoms with Crippen LogP contribution in [0.5, 0.6) is 0 Å². The largest absolute Gasteiger partial charge is 0.507 e. The summed E-state index contributed by atoms with van der Waals surface area (Å²) in [6.07, 6.45) is 0.590. The van der Waals surface area contributed by atoms with Gasteiger partial charge in [0.05, 0.1) is 17.7 Å². The van der Waals surface area contributed by atoms with Gasteiger partial charge >= 0.3 is 0 Å². The molecule has 7 heteroatoms. The van der Waals surface area contributed by atoms with Crippen LogP contribution in [0.25, 0.3) is 5.76 Å². The molecular formula is C23H23BrFNO4. The molecule has 1 amide bonds. The van der Waals surface area contributed by atoms with Crippen LogP contribution in [0, 0.1) is 5.82 Å². The molecule has 1 heterocycles. The van der Waals surface area contributed by atoms with E-state index in [9.17, 15) is 19.1 Å². The molecular weight excluding hydrogens is 453 g/mol. The molecule has 0 aromatic heterocycles. The molecule has 0 unspecified atom stereocenters. The first kappa shape index (κ1) is 22.2. The van der Waals surface area contributed by atoms with E-state index in [1.165, 1.54) is 29.2 Å². The lowest BCUT2D eigenvalue weighted by Crippen LogP contribution is -2.31. The fourth-order valence-electron chi connectivity index (χ4n) is 3.42. The zero-order valence-electron chi connectivity index (χ0n) is 16.8. The van der Waals surface area contributed by atoms with E-state index >= 15 is 0 Å². The van der Waals surface area contributed by atoms with E-state index < -0.39 is 23.5 Å². The SMILES string of the molecule is CC(C)OCCCN1C(=O)C(=O)C(=C(O)c2ccc(Br)cc2)[C@@H]1c1ccc(F)cc1. The van der Waals surface area contributed by atoms with Crippen LogP contribution >= 0.6 is 15.9 Å². The Morgan fingerprint density at radius 2 is 1.77 bits per heavy atom. The molecule has 0 radical (unpaired) electrons. The van der Waals surface area contributed by atoms with Gasteiger partial charge in [-0.3, -0.25) is 9.59 Å². The van der Waals surface area contributed by atoms with Crippen molar-refractivity contribution in [2.75, 3.05) is 13.2 Å². The summed E-state index contributed by atoms with van der Waals surface area (Å²) in [5, 5.41) is 10.9. The second-order valence-corrected chi connectivity index (χ2v) is 8.24. The number of carbonyl (C=O) groups excluding carboxylic acids is 2. The molecule has 3 rings (SSSR count). The number of likely N-dealkylation sites (tertiary alicyclic amines) is 1. The van der Waals surface area contributed by atoms with Gasteiger partial charge < -0.3 is 14.7 Å². The van der Waals surface area contributed by atoms with E-state index in [2.05, 4.69) is 15.9 Å². The predicted molar refractivity (Wildman–Crippen MR) is 115 cm³/mol. The van der Waals surface area contributed by atoms with E-state index in [4.69, 9.17) is 4.74 Å². The number of amides is 1. The summed E-state index contributed by atoms with van der Waals surface area (Å²) < 4.78 is 19.8. The molecule has 1 fully saturated rings. The Morgan fingerprint density at radius 1 is 1.13 bits per heavy atom. The maximum Gasteiger partial charge on any atom is 0.295 e. The van der Waals surface area contributed by atoms with E-state index in [1.807, 2.05) is 13.8 Å². The van der Waals surface area contributed by atoms with Gasteiger partial charge in [-0.15, -0.1) is 0 Å². The Kier molecular flexibility index (Phi) is 7.05. The quantitative estimate of drug-likeness (QED) is 0.269. The summed E-state index contributed by atoms with van der Waals surface area (Å²) in [4.78, 5) is 27.1. The number of nitrogens with zero attached hydrogens (tertiary/aromatic N) is 1. The Bertz CT molecular complexity index is 954. The van der Waals surface area contributed by atoms with Crippen LogP contribution in [0.1, 0.15) is 37.4 Å². The van der Waals surface area contributed by atoms with Crippen molar-refractivity contribution in [1.82, 2.24) is 4.90 Å². The highest BCUT2D eigenvalue weighted by molar-refractivity contribution is 9.10. The van der Waals surface area contributed by atoms with Crippen molar-refractivity contribution in [3.05, 3.63) is 75.5 Å². The lowest BCUT2D eigenvalue weighted by atomic mass is 9.95. The van der Waals surface area contributed by atoms with Crippen LogP contribution in [-0.4, -0.2) is 41.0 Å². The third kappa shape index (κ3) is 4.79. The summed E-state index contributed by atoms with van der Waals surface area (Å²) in [7, 11) is 0. The monoisotopic (exact) mass is 475 g/mol. The van der Waals surface area contributed by atoms with Crippen molar-refractivity contribution >= 4 is 33.4 Å². The summed E-state index contributed by atoms with van der Waals surface area (Å²) in [6, 6.07) is 11.6. The van der Waals surface area contributed by atoms with Gasteiger partial charge in [0, 0.05) is 23.2 Å². The normalized spacial score (nSPS) is 18.4. The van der Waals surface area contributed by atoms with Crippen LogP contribution in [0.3, 0.4) is 0 Å². The van der Waals surface area contributed by atoms with Gasteiger partial charge in [-0.25, -0.2) is 4.39 Å². The molecule has 0 bridgehead atoms. The van der Waals surface area contributed by atoms with Crippen molar-refractivity contribution in [3.8, 4) is 0 Å². The minimum atomic E-state index is -0.798. The summed E-state index contributed by atoms with van der Waals surface area (Å²) in [5.74, 6) is -2.12. The predicted octanol–water partition coefficient (Wildman–Crippen LogP) is 4.83. The minimum absolute atomic E-state index is 0.00120. The fourth-order valence-corrected chi connectivity index (χ4v) is 3.68. The standard InChI is InChI=1S/C23H23BrFNO4/c1-14(2)30-13-3-12-26-20(15-6-10-18(25)11-7-15)19(22(28)23(26)29)21(27)16-4-8-17(24)9-5-16/h4-11,14,20,27H,3,12-13H2,1-2H3/t20-/m0/s1. The van der Waals surface area contributed by atoms with Crippen LogP contribution in [0.15, 0.2) is 58.6 Å². The number of rotatable bonds is 7. The number of ketones is 1. The number of aliphatic hydroxyl groups is 1. The Labute approximate surface area is 183 Å². The zero-order chi connectivity index (χ0) is 21.8. The molecule has 158 valence electrons. The van der Waals surface area contributed by atoms with Gasteiger partial charge in [-0.2, -0.15) is 0 Å². The van der Waals surface area contributed by atoms with Crippen molar-refractivity contribution in [2.45, 2.75) is 32.4 Å². The number of hydrogen-bond donors (Lipinski definition) is 1. The summed E-state index contributed by atoms with van der Waals surface area (Å²) in [6.45, 7) is 4.55. The van der Waals surface area contributed by atoms with Gasteiger partial charge in [0.25, 0.3) is 11.7 Å². The maximum absolute atomic E-state index is 13.5. The average molecular weight is 476 g/mol. The van der Waals surface area contributed by atoms with Crippen LogP contribution < -0.4 is 0 Å². The minimum Gasteiger partial charge on any atom is -0.507 e. The Morgan fingerprint density at radius 3 is 2.37 bits per heavy atom. The number of aliphatic hydroxyl groups excluding tert-OH is 1. The first-order valence-corrected chi connectivity index (χ1v) is 10.5. The second kappa shape index (κ2) is 9.53. The molecule has 1 aliphatic heterocycles. The molecule has 0 spiro atoms. The molecule has 1 saturated heterocycles. The Hall–Kier alpha value is -2.51. The van der Waals surface area contributed by atoms with Crippen molar-refractivity contribution in [3.63, 3.8) is 0 Å². The number of Topliss-reactive ketones (excluding diaryl/α,β-unsaturated/α-hetero) is 1. The number of halogens is 2. The topological polar surface area (TPSA) is 66.8 Å². The highest BCUT2D eigenvalue weighted by atomic mass is 79.9. The van der Waals surface area contributed by atoms with Crippen LogP contribution in [0.2, 0.25) is 0 Å². The van der Waals surface area contributed by atoms with Gasteiger partial charge in [-0.1, -0.05) is 40.2 Å². The lowest BCUT2D eigenvalue weighted by molar-refractivity contribution is -0.140. The molecule has 1 atom stereocenters. The van der Waals surface area contributed by atoms with Gasteiger partial charge in [0.15, 0.2) is 0 Å². The van der Waals surface area contributed by atoms with E-state index in [0.29, 0.717) is 24.2 Å². The highest BCUT2D eigenvalue weighted by Gasteiger charge is 2.45. The zero-order valence-corrected chi connectivity index (χ0v) is 18.4. The molecule has 0 saturated carbocycles. The summed E-state index contributed by atoms with van der Waals surface area (Å²) in [5.41, 5.74) is 0.976. The Balaban J connectivity index is 2.01.